The summed E-state index contributed by atoms with van der Waals surface area (Å²) in [5.41, 5.74) is 2.86. The average Bonchev–Trinajstić information content (AvgIpc) is 3.44. The monoisotopic (exact) mass is 472 g/mol. The van der Waals surface area contributed by atoms with Crippen LogP contribution in [0.2, 0.25) is 0 Å². The van der Waals surface area contributed by atoms with E-state index in [1.165, 1.54) is 10.9 Å². The molecule has 0 unspecified atom stereocenters. The molecule has 1 amide bonds. The summed E-state index contributed by atoms with van der Waals surface area (Å²) in [6, 6.07) is 13.0. The molecule has 0 spiro atoms. The number of hydrogen-bond acceptors (Lipinski definition) is 7. The number of benzene rings is 2. The molecule has 0 aliphatic carbocycles. The lowest BCUT2D eigenvalue weighted by Gasteiger charge is -2.11. The van der Waals surface area contributed by atoms with Crippen LogP contribution in [0.25, 0.3) is 21.9 Å². The second-order valence-corrected chi connectivity index (χ2v) is 8.17. The van der Waals surface area contributed by atoms with Crippen LogP contribution in [-0.2, 0) is 24.3 Å². The molecule has 0 fully saturated rings. The Hall–Kier alpha value is -4.47. The number of rotatable bonds is 7. The maximum atomic E-state index is 13.6. The summed E-state index contributed by atoms with van der Waals surface area (Å²) >= 11 is 0. The van der Waals surface area contributed by atoms with E-state index in [4.69, 9.17) is 9.26 Å². The van der Waals surface area contributed by atoms with Gasteiger partial charge in [0.25, 0.3) is 5.56 Å². The molecule has 0 saturated heterocycles. The molecule has 35 heavy (non-hydrogen) atoms. The molecule has 0 atom stereocenters. The standard InChI is InChI=1S/C25H24N6O4/c1-4-20-28-22(35-29-20)13-30-14-26-23-17-11-16(34-3)9-10-19(17)31(24(23)25(30)33)12-21(32)27-18-8-6-5-7-15(18)2/h5-11,14H,4,12-13H2,1-3H3,(H,27,32). The first kappa shape index (κ1) is 22.3. The Balaban J connectivity index is 1.61. The van der Waals surface area contributed by atoms with Gasteiger partial charge in [-0.2, -0.15) is 4.98 Å². The lowest BCUT2D eigenvalue weighted by atomic mass is 10.2. The van der Waals surface area contributed by atoms with Crippen molar-refractivity contribution in [2.45, 2.75) is 33.4 Å². The molecule has 3 aromatic heterocycles. The molecule has 0 aliphatic rings. The zero-order valence-electron chi connectivity index (χ0n) is 19.6. The average molecular weight is 473 g/mol. The van der Waals surface area contributed by atoms with Crippen LogP contribution in [0.5, 0.6) is 5.75 Å². The van der Waals surface area contributed by atoms with Crippen molar-refractivity contribution >= 4 is 33.5 Å². The molecule has 10 heteroatoms. The van der Waals surface area contributed by atoms with Crippen LogP contribution in [0, 0.1) is 6.92 Å². The van der Waals surface area contributed by atoms with Gasteiger partial charge in [-0.3, -0.25) is 14.2 Å². The van der Waals surface area contributed by atoms with Crippen LogP contribution in [0.15, 0.2) is 58.1 Å². The highest BCUT2D eigenvalue weighted by atomic mass is 16.5. The van der Waals surface area contributed by atoms with Gasteiger partial charge in [0, 0.05) is 17.5 Å². The molecule has 2 aromatic carbocycles. The van der Waals surface area contributed by atoms with E-state index in [0.29, 0.717) is 40.4 Å². The van der Waals surface area contributed by atoms with Gasteiger partial charge in [-0.25, -0.2) is 4.98 Å². The Kier molecular flexibility index (Phi) is 5.77. The molecule has 0 bridgehead atoms. The Morgan fingerprint density at radius 2 is 2.03 bits per heavy atom. The SMILES string of the molecule is CCc1noc(Cn2cnc3c4cc(OC)ccc4n(CC(=O)Nc4ccccc4C)c3c2=O)n1. The fourth-order valence-corrected chi connectivity index (χ4v) is 4.07. The van der Waals surface area contributed by atoms with Gasteiger partial charge in [0.2, 0.25) is 11.8 Å². The molecular formula is C25H24N6O4. The van der Waals surface area contributed by atoms with Crippen molar-refractivity contribution in [3.63, 3.8) is 0 Å². The maximum absolute atomic E-state index is 13.6. The number of aromatic nitrogens is 5. The summed E-state index contributed by atoms with van der Waals surface area (Å²) in [6.07, 6.45) is 2.08. The van der Waals surface area contributed by atoms with E-state index in [1.807, 2.05) is 50.2 Å². The number of hydrogen-bond donors (Lipinski definition) is 1. The second kappa shape index (κ2) is 9.05. The number of nitrogens with zero attached hydrogens (tertiary/aromatic N) is 5. The molecule has 0 radical (unpaired) electrons. The van der Waals surface area contributed by atoms with Crippen LogP contribution < -0.4 is 15.6 Å². The Labute approximate surface area is 200 Å². The minimum absolute atomic E-state index is 0.0673. The van der Waals surface area contributed by atoms with E-state index in [9.17, 15) is 9.59 Å². The number of amides is 1. The predicted octanol–water partition coefficient (Wildman–Crippen LogP) is 3.30. The summed E-state index contributed by atoms with van der Waals surface area (Å²) < 4.78 is 13.7. The van der Waals surface area contributed by atoms with Crippen LogP contribution in [0.1, 0.15) is 24.2 Å². The number of aryl methyl sites for hydroxylation is 2. The number of para-hydroxylation sites is 1. The number of fused-ring (bicyclic) bond motifs is 3. The first-order chi connectivity index (χ1) is 17.0. The number of methoxy groups -OCH3 is 1. The topological polar surface area (TPSA) is 117 Å². The van der Waals surface area contributed by atoms with Crippen LogP contribution >= 0.6 is 0 Å². The number of anilines is 1. The first-order valence-electron chi connectivity index (χ1n) is 11.2. The second-order valence-electron chi connectivity index (χ2n) is 8.17. The molecule has 5 rings (SSSR count). The zero-order valence-corrected chi connectivity index (χ0v) is 19.6. The molecule has 3 heterocycles. The third-order valence-corrected chi connectivity index (χ3v) is 5.89. The molecule has 178 valence electrons. The molecular weight excluding hydrogens is 448 g/mol. The van der Waals surface area contributed by atoms with Gasteiger partial charge in [0.05, 0.1) is 19.0 Å². The maximum Gasteiger partial charge on any atom is 0.278 e. The van der Waals surface area contributed by atoms with Gasteiger partial charge >= 0.3 is 0 Å². The van der Waals surface area contributed by atoms with Crippen molar-refractivity contribution in [1.29, 1.82) is 0 Å². The third-order valence-electron chi connectivity index (χ3n) is 5.89. The van der Waals surface area contributed by atoms with Crippen molar-refractivity contribution in [3.8, 4) is 5.75 Å². The molecule has 10 nitrogen and oxygen atoms in total. The van der Waals surface area contributed by atoms with E-state index in [-0.39, 0.29) is 24.6 Å². The summed E-state index contributed by atoms with van der Waals surface area (Å²) in [5, 5.41) is 7.54. The van der Waals surface area contributed by atoms with Crippen LogP contribution in [-0.4, -0.2) is 37.3 Å². The third kappa shape index (κ3) is 4.14. The highest BCUT2D eigenvalue weighted by Gasteiger charge is 2.20. The van der Waals surface area contributed by atoms with Crippen molar-refractivity contribution in [3.05, 3.63) is 76.4 Å². The van der Waals surface area contributed by atoms with Crippen molar-refractivity contribution in [2.75, 3.05) is 12.4 Å². The molecule has 1 N–H and O–H groups in total. The highest BCUT2D eigenvalue weighted by molar-refractivity contribution is 6.07. The van der Waals surface area contributed by atoms with E-state index in [1.54, 1.807) is 17.7 Å². The fourth-order valence-electron chi connectivity index (χ4n) is 4.07. The minimum atomic E-state index is -0.315. The Bertz CT molecular complexity index is 1610. The number of carbonyl (C=O) groups is 1. The predicted molar refractivity (Wildman–Crippen MR) is 131 cm³/mol. The summed E-state index contributed by atoms with van der Waals surface area (Å²) in [4.78, 5) is 35.5. The number of carbonyl (C=O) groups excluding carboxylic acids is 1. The van der Waals surface area contributed by atoms with E-state index in [2.05, 4.69) is 20.4 Å². The summed E-state index contributed by atoms with van der Waals surface area (Å²) in [5.74, 6) is 1.25. The van der Waals surface area contributed by atoms with Gasteiger partial charge in [0.1, 0.15) is 29.9 Å². The lowest BCUT2D eigenvalue weighted by Crippen LogP contribution is -2.25. The van der Waals surface area contributed by atoms with Gasteiger partial charge in [-0.1, -0.05) is 30.3 Å². The van der Waals surface area contributed by atoms with Crippen molar-refractivity contribution < 1.29 is 14.1 Å². The number of nitrogens with one attached hydrogen (secondary N) is 1. The zero-order chi connectivity index (χ0) is 24.5. The number of ether oxygens (including phenoxy) is 1. The highest BCUT2D eigenvalue weighted by Crippen LogP contribution is 2.29. The molecule has 5 aromatic rings. The molecule has 0 aliphatic heterocycles. The van der Waals surface area contributed by atoms with Crippen molar-refractivity contribution in [2.24, 2.45) is 0 Å². The van der Waals surface area contributed by atoms with E-state index < -0.39 is 0 Å². The smallest absolute Gasteiger partial charge is 0.278 e. The Morgan fingerprint density at radius 1 is 1.20 bits per heavy atom. The van der Waals surface area contributed by atoms with Gasteiger partial charge in [0.15, 0.2) is 5.82 Å². The van der Waals surface area contributed by atoms with E-state index >= 15 is 0 Å². The lowest BCUT2D eigenvalue weighted by molar-refractivity contribution is -0.116. The molecule has 0 saturated carbocycles. The fraction of sp³-hybridized carbons (Fsp3) is 0.240. The van der Waals surface area contributed by atoms with Gasteiger partial charge in [-0.05, 0) is 36.8 Å². The largest absolute Gasteiger partial charge is 0.497 e. The van der Waals surface area contributed by atoms with Crippen LogP contribution in [0.4, 0.5) is 5.69 Å². The van der Waals surface area contributed by atoms with Gasteiger partial charge < -0.3 is 19.1 Å². The normalized spacial score (nSPS) is 11.3. The van der Waals surface area contributed by atoms with E-state index in [0.717, 1.165) is 16.6 Å². The quantitative estimate of drug-likeness (QED) is 0.386. The Morgan fingerprint density at radius 3 is 2.77 bits per heavy atom. The van der Waals surface area contributed by atoms with Crippen LogP contribution in [0.3, 0.4) is 0 Å². The van der Waals surface area contributed by atoms with Gasteiger partial charge in [-0.15, -0.1) is 0 Å². The van der Waals surface area contributed by atoms with Crippen molar-refractivity contribution in [1.82, 2.24) is 24.3 Å². The minimum Gasteiger partial charge on any atom is -0.497 e. The summed E-state index contributed by atoms with van der Waals surface area (Å²) in [6.45, 7) is 3.85. The first-order valence-corrected chi connectivity index (χ1v) is 11.2. The summed E-state index contributed by atoms with van der Waals surface area (Å²) in [7, 11) is 1.57.